The van der Waals surface area contributed by atoms with E-state index in [-0.39, 0.29) is 17.9 Å². The molecule has 0 saturated heterocycles. The number of nitrogens with one attached hydrogen (secondary N) is 2. The maximum Gasteiger partial charge on any atom is 0.243 e. The Morgan fingerprint density at radius 1 is 0.719 bits per heavy atom. The van der Waals surface area contributed by atoms with Crippen molar-refractivity contribution in [3.8, 4) is 0 Å². The van der Waals surface area contributed by atoms with E-state index in [1.807, 2.05) is 91.0 Å². The summed E-state index contributed by atoms with van der Waals surface area (Å²) in [4.78, 5) is 26.8. The monoisotopic (exact) mass is 426 g/mol. The van der Waals surface area contributed by atoms with Gasteiger partial charge in [-0.1, -0.05) is 104 Å². The summed E-state index contributed by atoms with van der Waals surface area (Å²) in [5.41, 5.74) is 2.84. The highest BCUT2D eigenvalue weighted by Crippen LogP contribution is 2.25. The van der Waals surface area contributed by atoms with Crippen LogP contribution in [0.2, 0.25) is 0 Å². The van der Waals surface area contributed by atoms with Crippen molar-refractivity contribution in [3.63, 3.8) is 0 Å². The zero-order valence-corrected chi connectivity index (χ0v) is 18.2. The molecule has 1 fully saturated rings. The van der Waals surface area contributed by atoms with Crippen LogP contribution in [-0.2, 0) is 16.0 Å². The molecule has 3 aromatic rings. The summed E-state index contributed by atoms with van der Waals surface area (Å²) in [6.07, 6.45) is 4.76. The lowest BCUT2D eigenvalue weighted by atomic mass is 9.90. The van der Waals surface area contributed by atoms with Gasteiger partial charge in [-0.2, -0.15) is 0 Å². The van der Waals surface area contributed by atoms with Gasteiger partial charge in [0.15, 0.2) is 0 Å². The second-order valence-corrected chi connectivity index (χ2v) is 8.50. The van der Waals surface area contributed by atoms with Crippen LogP contribution in [0.3, 0.4) is 0 Å². The van der Waals surface area contributed by atoms with Crippen LogP contribution >= 0.6 is 0 Å². The molecule has 0 heterocycles. The van der Waals surface area contributed by atoms with E-state index < -0.39 is 12.0 Å². The van der Waals surface area contributed by atoms with Gasteiger partial charge in [0.25, 0.3) is 0 Å². The third-order valence-electron chi connectivity index (χ3n) is 6.15. The molecule has 2 N–H and O–H groups in total. The predicted octanol–water partition coefficient (Wildman–Crippen LogP) is 4.60. The molecular weight excluding hydrogens is 396 g/mol. The summed E-state index contributed by atoms with van der Waals surface area (Å²) in [6.45, 7) is 0. The molecule has 32 heavy (non-hydrogen) atoms. The van der Waals surface area contributed by atoms with Crippen LogP contribution in [0.15, 0.2) is 91.0 Å². The zero-order valence-electron chi connectivity index (χ0n) is 18.2. The number of carbonyl (C=O) groups is 2. The molecule has 1 aliphatic carbocycles. The molecule has 0 aromatic heterocycles. The highest BCUT2D eigenvalue weighted by molar-refractivity contribution is 5.92. The Bertz CT molecular complexity index is 960. The zero-order chi connectivity index (χ0) is 22.2. The third kappa shape index (κ3) is 5.64. The molecule has 0 aliphatic heterocycles. The van der Waals surface area contributed by atoms with Crippen LogP contribution < -0.4 is 10.6 Å². The van der Waals surface area contributed by atoms with Gasteiger partial charge in [-0.15, -0.1) is 0 Å². The topological polar surface area (TPSA) is 58.2 Å². The van der Waals surface area contributed by atoms with E-state index in [4.69, 9.17) is 0 Å². The second kappa shape index (κ2) is 10.8. The summed E-state index contributed by atoms with van der Waals surface area (Å²) in [7, 11) is 0. The predicted molar refractivity (Wildman–Crippen MR) is 127 cm³/mol. The van der Waals surface area contributed by atoms with Gasteiger partial charge in [0.2, 0.25) is 11.8 Å². The molecule has 1 aliphatic rings. The first-order valence-electron chi connectivity index (χ1n) is 11.5. The van der Waals surface area contributed by atoms with Crippen molar-refractivity contribution >= 4 is 11.8 Å². The van der Waals surface area contributed by atoms with Crippen molar-refractivity contribution in [2.45, 2.75) is 50.1 Å². The van der Waals surface area contributed by atoms with Gasteiger partial charge in [-0.05, 0) is 29.5 Å². The molecule has 4 nitrogen and oxygen atoms in total. The fourth-order valence-electron chi connectivity index (χ4n) is 4.47. The van der Waals surface area contributed by atoms with Crippen LogP contribution in [0.5, 0.6) is 0 Å². The highest BCUT2D eigenvalue weighted by Gasteiger charge is 2.29. The summed E-state index contributed by atoms with van der Waals surface area (Å²) in [5, 5.41) is 6.25. The Morgan fingerprint density at radius 3 is 1.75 bits per heavy atom. The number of hydrogen-bond donors (Lipinski definition) is 2. The molecule has 0 radical (unpaired) electrons. The molecule has 164 valence electrons. The second-order valence-electron chi connectivity index (χ2n) is 8.50. The molecule has 0 bridgehead atoms. The van der Waals surface area contributed by atoms with E-state index >= 15 is 0 Å². The van der Waals surface area contributed by atoms with Crippen molar-refractivity contribution < 1.29 is 9.59 Å². The molecule has 1 saturated carbocycles. The van der Waals surface area contributed by atoms with Gasteiger partial charge >= 0.3 is 0 Å². The summed E-state index contributed by atoms with van der Waals surface area (Å²) < 4.78 is 0. The minimum absolute atomic E-state index is 0.103. The molecule has 4 rings (SSSR count). The first kappa shape index (κ1) is 21.8. The van der Waals surface area contributed by atoms with Gasteiger partial charge in [-0.3, -0.25) is 9.59 Å². The largest absolute Gasteiger partial charge is 0.352 e. The number of hydrogen-bond acceptors (Lipinski definition) is 2. The van der Waals surface area contributed by atoms with Gasteiger partial charge in [0.05, 0.1) is 5.92 Å². The van der Waals surface area contributed by atoms with Gasteiger partial charge in [-0.25, -0.2) is 0 Å². The molecule has 0 spiro atoms. The van der Waals surface area contributed by atoms with Crippen molar-refractivity contribution in [1.82, 2.24) is 10.6 Å². The molecule has 4 heteroatoms. The number of amides is 2. The SMILES string of the molecule is O=C(N[C@@H](Cc1ccccc1)C(=O)NC1CCCC1)C(c1ccccc1)c1ccccc1. The van der Waals surface area contributed by atoms with Gasteiger partial charge in [0.1, 0.15) is 6.04 Å². The van der Waals surface area contributed by atoms with Crippen molar-refractivity contribution in [3.05, 3.63) is 108 Å². The van der Waals surface area contributed by atoms with E-state index in [2.05, 4.69) is 10.6 Å². The third-order valence-corrected chi connectivity index (χ3v) is 6.15. The number of benzene rings is 3. The normalized spacial score (nSPS) is 14.8. The van der Waals surface area contributed by atoms with Crippen LogP contribution in [0.1, 0.15) is 48.3 Å². The first-order chi connectivity index (χ1) is 15.7. The molecule has 0 unspecified atom stereocenters. The maximum absolute atomic E-state index is 13.6. The van der Waals surface area contributed by atoms with Gasteiger partial charge < -0.3 is 10.6 Å². The number of rotatable bonds is 8. The lowest BCUT2D eigenvalue weighted by Gasteiger charge is -2.24. The van der Waals surface area contributed by atoms with E-state index in [0.29, 0.717) is 6.42 Å². The Morgan fingerprint density at radius 2 is 1.22 bits per heavy atom. The molecule has 2 amide bonds. The lowest BCUT2D eigenvalue weighted by molar-refractivity contribution is -0.129. The summed E-state index contributed by atoms with van der Waals surface area (Å²) in [5.74, 6) is -0.742. The smallest absolute Gasteiger partial charge is 0.243 e. The summed E-state index contributed by atoms with van der Waals surface area (Å²) in [6, 6.07) is 28.9. The summed E-state index contributed by atoms with van der Waals surface area (Å²) >= 11 is 0. The Balaban J connectivity index is 1.58. The van der Waals surface area contributed by atoms with E-state index in [1.54, 1.807) is 0 Å². The van der Waals surface area contributed by atoms with E-state index in [9.17, 15) is 9.59 Å². The maximum atomic E-state index is 13.6. The average molecular weight is 427 g/mol. The lowest BCUT2D eigenvalue weighted by Crippen LogP contribution is -2.51. The van der Waals surface area contributed by atoms with Gasteiger partial charge in [0, 0.05) is 12.5 Å². The Kier molecular flexibility index (Phi) is 7.34. The molecule has 3 aromatic carbocycles. The standard InChI is InChI=1S/C28H30N2O2/c31-27(29-24-18-10-11-19-24)25(20-21-12-4-1-5-13-21)30-28(32)26(22-14-6-2-7-15-22)23-16-8-3-9-17-23/h1-9,12-17,24-26H,10-11,18-20H2,(H,29,31)(H,30,32)/t25-/m0/s1. The quantitative estimate of drug-likeness (QED) is 0.553. The number of carbonyl (C=O) groups excluding carboxylic acids is 2. The first-order valence-corrected chi connectivity index (χ1v) is 11.5. The van der Waals surface area contributed by atoms with E-state index in [1.165, 1.54) is 0 Å². The minimum Gasteiger partial charge on any atom is -0.352 e. The highest BCUT2D eigenvalue weighted by atomic mass is 16.2. The fraction of sp³-hybridized carbons (Fsp3) is 0.286. The van der Waals surface area contributed by atoms with Crippen LogP contribution in [0, 0.1) is 0 Å². The van der Waals surface area contributed by atoms with Crippen LogP contribution in [-0.4, -0.2) is 23.9 Å². The van der Waals surface area contributed by atoms with Crippen molar-refractivity contribution in [2.24, 2.45) is 0 Å². The Labute approximate surface area is 190 Å². The molecular formula is C28H30N2O2. The van der Waals surface area contributed by atoms with Crippen molar-refractivity contribution in [1.29, 1.82) is 0 Å². The van der Waals surface area contributed by atoms with E-state index in [0.717, 1.165) is 42.4 Å². The minimum atomic E-state index is -0.625. The van der Waals surface area contributed by atoms with Crippen molar-refractivity contribution in [2.75, 3.05) is 0 Å². The molecule has 1 atom stereocenters. The fourth-order valence-corrected chi connectivity index (χ4v) is 4.47. The average Bonchev–Trinajstić information content (AvgIpc) is 3.34. The Hall–Kier alpha value is -3.40. The van der Waals surface area contributed by atoms with Crippen LogP contribution in [0.4, 0.5) is 0 Å². The van der Waals surface area contributed by atoms with Crippen LogP contribution in [0.25, 0.3) is 0 Å².